The molecule has 2 atom stereocenters. The molecule has 1 aromatic carbocycles. The second-order valence-electron chi connectivity index (χ2n) is 4.77. The summed E-state index contributed by atoms with van der Waals surface area (Å²) in [5.41, 5.74) is 0.623. The molecule has 1 aromatic rings. The largest absolute Gasteiger partial charge is 0.481 e. The van der Waals surface area contributed by atoms with Gasteiger partial charge in [0.2, 0.25) is 5.91 Å². The van der Waals surface area contributed by atoms with Crippen LogP contribution in [0.15, 0.2) is 30.3 Å². The van der Waals surface area contributed by atoms with E-state index in [1.54, 1.807) is 38.1 Å². The lowest BCUT2D eigenvalue weighted by molar-refractivity contribution is -0.142. The van der Waals surface area contributed by atoms with Crippen molar-refractivity contribution in [3.63, 3.8) is 0 Å². The number of benzene rings is 1. The third-order valence-electron chi connectivity index (χ3n) is 3.09. The third-order valence-corrected chi connectivity index (χ3v) is 4.02. The number of hydrogen-bond donors (Lipinski definition) is 2. The first-order valence-electron chi connectivity index (χ1n) is 6.60. The number of carboxylic acids is 1. The quantitative estimate of drug-likeness (QED) is 0.716. The molecule has 0 saturated carbocycles. The van der Waals surface area contributed by atoms with Crippen LogP contribution < -0.4 is 5.32 Å². The third kappa shape index (κ3) is 5.99. The van der Waals surface area contributed by atoms with Crippen molar-refractivity contribution in [1.82, 2.24) is 5.32 Å². The molecule has 0 aliphatic carbocycles. The summed E-state index contributed by atoms with van der Waals surface area (Å²) in [5, 5.41) is 11.5. The summed E-state index contributed by atoms with van der Waals surface area (Å²) in [5.74, 6) is -1.53. The summed E-state index contributed by atoms with van der Waals surface area (Å²) in [6, 6.07) is 8.45. The Kier molecular flexibility index (Phi) is 6.94. The summed E-state index contributed by atoms with van der Waals surface area (Å²) < 4.78 is 0. The summed E-state index contributed by atoms with van der Waals surface area (Å²) in [7, 11) is 0. The molecule has 1 amide bonds. The fraction of sp³-hybridized carbons (Fsp3) is 0.400. The molecule has 6 heteroatoms. The standard InChI is InChI=1S/C15H19NO4S/c1-10(15(19)20)11(2)16-14(18)9-21-8-13(17)12-6-4-3-5-7-12/h3-7,10-11H,8-9H2,1-2H3,(H,16,18)(H,19,20). The van der Waals surface area contributed by atoms with Crippen LogP contribution in [-0.4, -0.2) is 40.3 Å². The Morgan fingerprint density at radius 1 is 1.14 bits per heavy atom. The average molecular weight is 309 g/mol. The van der Waals surface area contributed by atoms with Gasteiger partial charge in [0.25, 0.3) is 0 Å². The first-order chi connectivity index (χ1) is 9.91. The monoisotopic (exact) mass is 309 g/mol. The van der Waals surface area contributed by atoms with Gasteiger partial charge in [-0.05, 0) is 13.8 Å². The topological polar surface area (TPSA) is 83.5 Å². The Morgan fingerprint density at radius 3 is 2.33 bits per heavy atom. The van der Waals surface area contributed by atoms with E-state index in [4.69, 9.17) is 5.11 Å². The van der Waals surface area contributed by atoms with Gasteiger partial charge in [0.15, 0.2) is 5.78 Å². The Balaban J connectivity index is 2.31. The molecule has 0 heterocycles. The smallest absolute Gasteiger partial charge is 0.308 e. The number of thioether (sulfide) groups is 1. The predicted molar refractivity (Wildman–Crippen MR) is 82.5 cm³/mol. The van der Waals surface area contributed by atoms with Crippen LogP contribution in [0.2, 0.25) is 0 Å². The molecule has 5 nitrogen and oxygen atoms in total. The van der Waals surface area contributed by atoms with Crippen LogP contribution in [-0.2, 0) is 9.59 Å². The van der Waals surface area contributed by atoms with E-state index < -0.39 is 17.9 Å². The molecule has 0 bridgehead atoms. The maximum absolute atomic E-state index is 11.8. The van der Waals surface area contributed by atoms with Gasteiger partial charge < -0.3 is 10.4 Å². The van der Waals surface area contributed by atoms with Crippen molar-refractivity contribution in [3.8, 4) is 0 Å². The number of ketones is 1. The van der Waals surface area contributed by atoms with Crippen molar-refractivity contribution >= 4 is 29.4 Å². The van der Waals surface area contributed by atoms with Gasteiger partial charge in [0, 0.05) is 11.6 Å². The van der Waals surface area contributed by atoms with Gasteiger partial charge in [0.1, 0.15) is 0 Å². The van der Waals surface area contributed by atoms with Crippen LogP contribution in [0, 0.1) is 5.92 Å². The number of carboxylic acid groups (broad SMARTS) is 1. The molecule has 21 heavy (non-hydrogen) atoms. The van der Waals surface area contributed by atoms with Crippen molar-refractivity contribution in [2.75, 3.05) is 11.5 Å². The molecule has 114 valence electrons. The van der Waals surface area contributed by atoms with Crippen molar-refractivity contribution in [2.45, 2.75) is 19.9 Å². The van der Waals surface area contributed by atoms with Gasteiger partial charge in [-0.1, -0.05) is 30.3 Å². The van der Waals surface area contributed by atoms with E-state index in [-0.39, 0.29) is 23.2 Å². The summed E-state index contributed by atoms with van der Waals surface area (Å²) >= 11 is 1.22. The second kappa shape index (κ2) is 8.46. The van der Waals surface area contributed by atoms with Gasteiger partial charge in [-0.15, -0.1) is 11.8 Å². The highest BCUT2D eigenvalue weighted by Crippen LogP contribution is 2.08. The molecule has 0 radical (unpaired) electrons. The number of nitrogens with one attached hydrogen (secondary N) is 1. The fourth-order valence-electron chi connectivity index (χ4n) is 1.58. The molecular formula is C15H19NO4S. The predicted octanol–water partition coefficient (Wildman–Crippen LogP) is 1.83. The Labute approximate surface area is 128 Å². The molecule has 0 saturated heterocycles. The van der Waals surface area contributed by atoms with Crippen molar-refractivity contribution in [2.24, 2.45) is 5.92 Å². The summed E-state index contributed by atoms with van der Waals surface area (Å²) in [6.45, 7) is 3.19. The molecule has 0 aliphatic rings. The van der Waals surface area contributed by atoms with Gasteiger partial charge >= 0.3 is 5.97 Å². The Hall–Kier alpha value is -1.82. The molecule has 1 rings (SSSR count). The van der Waals surface area contributed by atoms with E-state index in [9.17, 15) is 14.4 Å². The molecule has 0 fully saturated rings. The first kappa shape index (κ1) is 17.2. The number of carbonyl (C=O) groups is 3. The maximum Gasteiger partial charge on any atom is 0.308 e. The van der Waals surface area contributed by atoms with E-state index in [2.05, 4.69) is 5.32 Å². The van der Waals surface area contributed by atoms with Crippen LogP contribution >= 0.6 is 11.8 Å². The highest BCUT2D eigenvalue weighted by atomic mass is 32.2. The zero-order valence-corrected chi connectivity index (χ0v) is 12.9. The van der Waals surface area contributed by atoms with Gasteiger partial charge in [-0.3, -0.25) is 14.4 Å². The number of hydrogen-bond acceptors (Lipinski definition) is 4. The molecule has 0 aliphatic heterocycles. The SMILES string of the molecule is CC(NC(=O)CSCC(=O)c1ccccc1)C(C)C(=O)O. The Morgan fingerprint density at radius 2 is 1.76 bits per heavy atom. The average Bonchev–Trinajstić information content (AvgIpc) is 2.46. The van der Waals surface area contributed by atoms with E-state index in [0.29, 0.717) is 5.56 Å². The van der Waals surface area contributed by atoms with Crippen LogP contribution in [0.4, 0.5) is 0 Å². The van der Waals surface area contributed by atoms with Crippen LogP contribution in [0.5, 0.6) is 0 Å². The highest BCUT2D eigenvalue weighted by Gasteiger charge is 2.20. The highest BCUT2D eigenvalue weighted by molar-refractivity contribution is 8.00. The molecule has 0 aromatic heterocycles. The van der Waals surface area contributed by atoms with Crippen molar-refractivity contribution in [1.29, 1.82) is 0 Å². The van der Waals surface area contributed by atoms with Crippen molar-refractivity contribution < 1.29 is 19.5 Å². The number of rotatable bonds is 8. The van der Waals surface area contributed by atoms with Gasteiger partial charge in [-0.25, -0.2) is 0 Å². The minimum absolute atomic E-state index is 0.0275. The number of aliphatic carboxylic acids is 1. The van der Waals surface area contributed by atoms with Crippen molar-refractivity contribution in [3.05, 3.63) is 35.9 Å². The van der Waals surface area contributed by atoms with Crippen LogP contribution in [0.3, 0.4) is 0 Å². The minimum atomic E-state index is -0.949. The lowest BCUT2D eigenvalue weighted by atomic mass is 10.0. The zero-order chi connectivity index (χ0) is 15.8. The van der Waals surface area contributed by atoms with E-state index in [1.165, 1.54) is 11.8 Å². The van der Waals surface area contributed by atoms with E-state index in [1.807, 2.05) is 6.07 Å². The molecular weight excluding hydrogens is 290 g/mol. The lowest BCUT2D eigenvalue weighted by Gasteiger charge is -2.17. The number of carbonyl (C=O) groups excluding carboxylic acids is 2. The fourth-order valence-corrected chi connectivity index (χ4v) is 2.30. The zero-order valence-electron chi connectivity index (χ0n) is 12.0. The number of Topliss-reactive ketones (excluding diaryl/α,β-unsaturated/α-hetero) is 1. The van der Waals surface area contributed by atoms with Gasteiger partial charge in [-0.2, -0.15) is 0 Å². The number of amides is 1. The summed E-state index contributed by atoms with van der Waals surface area (Å²) in [6.07, 6.45) is 0. The molecule has 0 spiro atoms. The van der Waals surface area contributed by atoms with E-state index in [0.717, 1.165) is 0 Å². The maximum atomic E-state index is 11.8. The molecule has 2 N–H and O–H groups in total. The van der Waals surface area contributed by atoms with Gasteiger partial charge in [0.05, 0.1) is 17.4 Å². The minimum Gasteiger partial charge on any atom is -0.481 e. The normalized spacial score (nSPS) is 13.2. The summed E-state index contributed by atoms with van der Waals surface area (Å²) in [4.78, 5) is 34.3. The second-order valence-corrected chi connectivity index (χ2v) is 5.75. The molecule has 2 unspecified atom stereocenters. The first-order valence-corrected chi connectivity index (χ1v) is 7.75. The van der Waals surface area contributed by atoms with Crippen LogP contribution in [0.1, 0.15) is 24.2 Å². The Bertz CT molecular complexity index is 504. The lowest BCUT2D eigenvalue weighted by Crippen LogP contribution is -2.40. The van der Waals surface area contributed by atoms with E-state index >= 15 is 0 Å². The van der Waals surface area contributed by atoms with Crippen LogP contribution in [0.25, 0.3) is 0 Å².